The Morgan fingerprint density at radius 2 is 2.00 bits per heavy atom. The monoisotopic (exact) mass is 390 g/mol. The normalized spacial score (nSPS) is 19.4. The van der Waals surface area contributed by atoms with Gasteiger partial charge in [-0.2, -0.15) is 0 Å². The van der Waals surface area contributed by atoms with Crippen molar-refractivity contribution in [1.29, 1.82) is 0 Å². The van der Waals surface area contributed by atoms with Gasteiger partial charge in [-0.25, -0.2) is 21.9 Å². The molecule has 0 bridgehead atoms. The van der Waals surface area contributed by atoms with Crippen molar-refractivity contribution in [2.45, 2.75) is 23.8 Å². The number of benzene rings is 1. The summed E-state index contributed by atoms with van der Waals surface area (Å²) < 4.78 is 53.3. The number of hydrogen-bond acceptors (Lipinski definition) is 3. The summed E-state index contributed by atoms with van der Waals surface area (Å²) in [5, 5.41) is 3.04. The van der Waals surface area contributed by atoms with Crippen molar-refractivity contribution >= 4 is 38.4 Å². The number of nitrogens with one attached hydrogen (secondary N) is 2. The van der Waals surface area contributed by atoms with E-state index in [1.807, 2.05) is 0 Å². The van der Waals surface area contributed by atoms with Crippen LogP contribution in [0.1, 0.15) is 12.8 Å². The van der Waals surface area contributed by atoms with Crippen molar-refractivity contribution in [2.75, 3.05) is 13.1 Å². The highest BCUT2D eigenvalue weighted by molar-refractivity contribution is 9.10. The van der Waals surface area contributed by atoms with Crippen LogP contribution in [-0.2, 0) is 10.0 Å². The molecule has 1 saturated heterocycles. The average molecular weight is 392 g/mol. The molecule has 0 radical (unpaired) electrons. The molecule has 2 N–H and O–H groups in total. The molecular weight excluding hydrogens is 378 g/mol. The van der Waals surface area contributed by atoms with Crippen LogP contribution in [0.15, 0.2) is 21.5 Å². The number of piperidine rings is 1. The van der Waals surface area contributed by atoms with E-state index in [-0.39, 0.29) is 22.9 Å². The third kappa shape index (κ3) is 4.11. The summed E-state index contributed by atoms with van der Waals surface area (Å²) in [6.07, 6.45) is 1.51. The van der Waals surface area contributed by atoms with Crippen molar-refractivity contribution in [3.05, 3.63) is 28.2 Å². The quantitative estimate of drug-likeness (QED) is 0.777. The van der Waals surface area contributed by atoms with Crippen LogP contribution in [0.5, 0.6) is 0 Å². The number of rotatable bonds is 3. The molecule has 4 nitrogen and oxygen atoms in total. The van der Waals surface area contributed by atoms with Gasteiger partial charge in [-0.05, 0) is 47.4 Å². The molecule has 0 aromatic heterocycles. The standard InChI is InChI=1S/C11H13BrF2N2O2S.ClH/c12-8-4-10(14)11(5-9(8)13)19(17,18)16-7-2-1-3-15-6-7;/h4-5,7,15-16H,1-3,6H2;1H. The first-order chi connectivity index (χ1) is 8.90. The summed E-state index contributed by atoms with van der Waals surface area (Å²) in [6.45, 7) is 1.32. The fourth-order valence-corrected chi connectivity index (χ4v) is 3.60. The van der Waals surface area contributed by atoms with E-state index in [0.717, 1.165) is 19.0 Å². The van der Waals surface area contributed by atoms with Crippen molar-refractivity contribution in [3.63, 3.8) is 0 Å². The second-order valence-corrected chi connectivity index (χ2v) is 6.90. The predicted octanol–water partition coefficient (Wildman–Crippen LogP) is 2.18. The summed E-state index contributed by atoms with van der Waals surface area (Å²) in [7, 11) is -4.06. The van der Waals surface area contributed by atoms with E-state index in [9.17, 15) is 17.2 Å². The molecule has 1 fully saturated rings. The van der Waals surface area contributed by atoms with Gasteiger partial charge in [0, 0.05) is 12.6 Å². The maximum atomic E-state index is 13.6. The molecule has 1 heterocycles. The average Bonchev–Trinajstić information content (AvgIpc) is 2.34. The van der Waals surface area contributed by atoms with Crippen molar-refractivity contribution in [2.24, 2.45) is 0 Å². The molecule has 2 rings (SSSR count). The minimum absolute atomic E-state index is 0. The van der Waals surface area contributed by atoms with Crippen molar-refractivity contribution in [3.8, 4) is 0 Å². The second-order valence-electron chi connectivity index (χ2n) is 4.36. The summed E-state index contributed by atoms with van der Waals surface area (Å²) in [5.41, 5.74) is 0. The van der Waals surface area contributed by atoms with Gasteiger partial charge >= 0.3 is 0 Å². The van der Waals surface area contributed by atoms with Crippen LogP contribution in [0.3, 0.4) is 0 Å². The van der Waals surface area contributed by atoms with Crippen molar-refractivity contribution in [1.82, 2.24) is 10.0 Å². The Hall–Kier alpha value is -0.280. The van der Waals surface area contributed by atoms with Crippen LogP contribution >= 0.6 is 28.3 Å². The first-order valence-corrected chi connectivity index (χ1v) is 8.05. The topological polar surface area (TPSA) is 58.2 Å². The van der Waals surface area contributed by atoms with Crippen molar-refractivity contribution < 1.29 is 17.2 Å². The zero-order chi connectivity index (χ0) is 14.0. The fourth-order valence-electron chi connectivity index (χ4n) is 1.95. The largest absolute Gasteiger partial charge is 0.315 e. The number of halogens is 4. The molecule has 0 saturated carbocycles. The molecule has 0 aliphatic carbocycles. The van der Waals surface area contributed by atoms with Gasteiger partial charge < -0.3 is 5.32 Å². The van der Waals surface area contributed by atoms with E-state index in [1.54, 1.807) is 0 Å². The van der Waals surface area contributed by atoms with Gasteiger partial charge in [-0.1, -0.05) is 0 Å². The van der Waals surface area contributed by atoms with Gasteiger partial charge in [-0.15, -0.1) is 12.4 Å². The molecule has 114 valence electrons. The molecule has 0 spiro atoms. The van der Waals surface area contributed by atoms with Crippen LogP contribution in [0.2, 0.25) is 0 Å². The second kappa shape index (κ2) is 7.13. The lowest BCUT2D eigenvalue weighted by Gasteiger charge is -2.23. The summed E-state index contributed by atoms with van der Waals surface area (Å²) in [4.78, 5) is -0.668. The van der Waals surface area contributed by atoms with Gasteiger partial charge in [-0.3, -0.25) is 0 Å². The van der Waals surface area contributed by atoms with E-state index < -0.39 is 26.6 Å². The Kier molecular flexibility index (Phi) is 6.33. The van der Waals surface area contributed by atoms with Crippen LogP contribution in [0.4, 0.5) is 8.78 Å². The molecule has 1 aliphatic heterocycles. The Labute approximate surface area is 130 Å². The van der Waals surface area contributed by atoms with Crippen LogP contribution < -0.4 is 10.0 Å². The number of sulfonamides is 1. The van der Waals surface area contributed by atoms with Crippen LogP contribution in [0, 0.1) is 11.6 Å². The Bertz CT molecular complexity index is 580. The van der Waals surface area contributed by atoms with E-state index >= 15 is 0 Å². The maximum Gasteiger partial charge on any atom is 0.243 e. The minimum Gasteiger partial charge on any atom is -0.315 e. The molecule has 20 heavy (non-hydrogen) atoms. The minimum atomic E-state index is -4.06. The lowest BCUT2D eigenvalue weighted by Crippen LogP contribution is -2.45. The first kappa shape index (κ1) is 17.8. The SMILES string of the molecule is Cl.O=S(=O)(NC1CCCNC1)c1cc(F)c(Br)cc1F. The molecule has 0 amide bonds. The maximum absolute atomic E-state index is 13.6. The number of hydrogen-bond donors (Lipinski definition) is 2. The predicted molar refractivity (Wildman–Crippen MR) is 77.5 cm³/mol. The summed E-state index contributed by atoms with van der Waals surface area (Å²) >= 11 is 2.81. The lowest BCUT2D eigenvalue weighted by molar-refractivity contribution is 0.427. The van der Waals surface area contributed by atoms with Gasteiger partial charge in [0.1, 0.15) is 16.5 Å². The molecule has 1 atom stereocenters. The Morgan fingerprint density at radius 1 is 1.30 bits per heavy atom. The fraction of sp³-hybridized carbons (Fsp3) is 0.455. The van der Waals surface area contributed by atoms with E-state index in [1.165, 1.54) is 0 Å². The van der Waals surface area contributed by atoms with Crippen LogP contribution in [0.25, 0.3) is 0 Å². The Balaban J connectivity index is 0.00000200. The first-order valence-electron chi connectivity index (χ1n) is 5.78. The van der Waals surface area contributed by atoms with Gasteiger partial charge in [0.2, 0.25) is 10.0 Å². The molecule has 1 aromatic carbocycles. The Morgan fingerprint density at radius 3 is 2.60 bits per heavy atom. The highest BCUT2D eigenvalue weighted by atomic mass is 79.9. The molecule has 9 heteroatoms. The summed E-state index contributed by atoms with van der Waals surface area (Å²) in [5.74, 6) is -1.80. The smallest absolute Gasteiger partial charge is 0.243 e. The van der Waals surface area contributed by atoms with Gasteiger partial charge in [0.15, 0.2) is 0 Å². The zero-order valence-corrected chi connectivity index (χ0v) is 13.5. The lowest BCUT2D eigenvalue weighted by atomic mass is 10.1. The van der Waals surface area contributed by atoms with E-state index in [0.29, 0.717) is 19.0 Å². The molecular formula is C11H14BrClF2N2O2S. The van der Waals surface area contributed by atoms with Gasteiger partial charge in [0.05, 0.1) is 4.47 Å². The molecule has 1 aliphatic rings. The third-order valence-electron chi connectivity index (χ3n) is 2.88. The highest BCUT2D eigenvalue weighted by Crippen LogP contribution is 2.23. The zero-order valence-electron chi connectivity index (χ0n) is 10.3. The summed E-state index contributed by atoms with van der Waals surface area (Å²) in [6, 6.07) is 1.19. The van der Waals surface area contributed by atoms with E-state index in [4.69, 9.17) is 0 Å². The van der Waals surface area contributed by atoms with E-state index in [2.05, 4.69) is 26.0 Å². The molecule has 1 aromatic rings. The van der Waals surface area contributed by atoms with Crippen LogP contribution in [-0.4, -0.2) is 27.5 Å². The third-order valence-corrected chi connectivity index (χ3v) is 5.03. The highest BCUT2D eigenvalue weighted by Gasteiger charge is 2.25. The van der Waals surface area contributed by atoms with Gasteiger partial charge in [0.25, 0.3) is 0 Å². The molecule has 1 unspecified atom stereocenters.